The van der Waals surface area contributed by atoms with E-state index in [-0.39, 0.29) is 55.3 Å². The zero-order valence-corrected chi connectivity index (χ0v) is 38.3. The average Bonchev–Trinajstić information content (AvgIpc) is 3.22. The molecule has 0 aliphatic heterocycles. The Kier molecular flexibility index (Phi) is 16.5. The van der Waals surface area contributed by atoms with Crippen molar-refractivity contribution in [1.29, 1.82) is 0 Å². The van der Waals surface area contributed by atoms with Crippen molar-refractivity contribution >= 4 is 116 Å². The number of hydrogen-bond acceptors (Lipinski definition) is 10. The first-order valence-corrected chi connectivity index (χ1v) is 20.7. The number of amides is 4. The van der Waals surface area contributed by atoms with Crippen LogP contribution in [0.3, 0.4) is 0 Å². The number of ketones is 2. The van der Waals surface area contributed by atoms with Crippen molar-refractivity contribution < 1.29 is 55.1 Å². The number of azo groups is 2. The molecule has 4 N–H and O–H groups in total. The number of nitrogens with one attached hydrogen (secondary N) is 4. The number of aryl methyl sites for hydroxylation is 2. The molecule has 0 heterocycles. The van der Waals surface area contributed by atoms with Crippen LogP contribution in [0.4, 0.5) is 60.5 Å². The van der Waals surface area contributed by atoms with Crippen LogP contribution in [-0.4, -0.2) is 47.3 Å². The van der Waals surface area contributed by atoms with Crippen molar-refractivity contribution in [3.05, 3.63) is 138 Å². The molecule has 0 aliphatic rings. The zero-order valence-electron chi connectivity index (χ0n) is 35.3. The standard InChI is InChI=1S/C44H32Cl4F6N8O6/c1-19-9-36(58-42(68)38(22(4)64)62-60-30-14-24(12-26(46)16-30)40(66)56-28-6-8-34(48)32(18-28)44(52,53)54)20(2)10-35(19)57-41(67)37(21(3)63)61-59-29-13-23(11-25(45)15-29)39(65)55-27-5-7-33(47)31(17-27)43(49,50)51/h5-18,37-38H,1-4H3,(H,55,65)(H,56,66)(H,57,67)(H,58,68). The summed E-state index contributed by atoms with van der Waals surface area (Å²) in [6, 6.07) is 12.3. The molecule has 0 saturated heterocycles. The van der Waals surface area contributed by atoms with Gasteiger partial charge in [-0.25, -0.2) is 0 Å². The van der Waals surface area contributed by atoms with Crippen molar-refractivity contribution in [1.82, 2.24) is 0 Å². The third-order valence-corrected chi connectivity index (χ3v) is 10.4. The molecule has 5 aromatic rings. The highest BCUT2D eigenvalue weighted by molar-refractivity contribution is 6.32. The molecule has 2 unspecified atom stereocenters. The van der Waals surface area contributed by atoms with E-state index in [4.69, 9.17) is 46.4 Å². The quantitative estimate of drug-likeness (QED) is 0.0484. The number of carbonyl (C=O) groups excluding carboxylic acids is 6. The van der Waals surface area contributed by atoms with Crippen LogP contribution in [0.5, 0.6) is 0 Å². The molecule has 0 aromatic heterocycles. The minimum absolute atomic E-state index is 0.0381. The lowest BCUT2D eigenvalue weighted by atomic mass is 10.1. The van der Waals surface area contributed by atoms with Gasteiger partial charge in [0.15, 0.2) is 11.6 Å². The predicted molar refractivity (Wildman–Crippen MR) is 243 cm³/mol. The number of carbonyl (C=O) groups is 6. The molecule has 354 valence electrons. The first-order valence-electron chi connectivity index (χ1n) is 19.2. The third kappa shape index (κ3) is 13.7. The Morgan fingerprint density at radius 3 is 1.18 bits per heavy atom. The largest absolute Gasteiger partial charge is 0.417 e. The lowest BCUT2D eigenvalue weighted by Gasteiger charge is -2.16. The zero-order chi connectivity index (χ0) is 50.4. The Balaban J connectivity index is 1.26. The lowest BCUT2D eigenvalue weighted by molar-refractivity contribution is -0.138. The van der Waals surface area contributed by atoms with Gasteiger partial charge in [0, 0.05) is 43.9 Å². The van der Waals surface area contributed by atoms with Crippen molar-refractivity contribution in [2.24, 2.45) is 20.5 Å². The first kappa shape index (κ1) is 52.2. The van der Waals surface area contributed by atoms with E-state index in [0.717, 1.165) is 38.1 Å². The van der Waals surface area contributed by atoms with E-state index in [1.54, 1.807) is 13.8 Å². The van der Waals surface area contributed by atoms with Gasteiger partial charge in [-0.15, -0.1) is 0 Å². The Labute approximate surface area is 401 Å². The van der Waals surface area contributed by atoms with Crippen LogP contribution < -0.4 is 21.3 Å². The van der Waals surface area contributed by atoms with Crippen LogP contribution in [0.15, 0.2) is 105 Å². The molecule has 24 heteroatoms. The highest BCUT2D eigenvalue weighted by atomic mass is 35.5. The van der Waals surface area contributed by atoms with Gasteiger partial charge in [0.25, 0.3) is 23.6 Å². The van der Waals surface area contributed by atoms with Gasteiger partial charge in [-0.3, -0.25) is 28.8 Å². The van der Waals surface area contributed by atoms with E-state index < -0.39 is 80.8 Å². The second kappa shape index (κ2) is 21.5. The van der Waals surface area contributed by atoms with E-state index in [0.29, 0.717) is 23.3 Å². The van der Waals surface area contributed by atoms with Crippen LogP contribution in [0, 0.1) is 13.8 Å². The van der Waals surface area contributed by atoms with E-state index in [2.05, 4.69) is 41.7 Å². The monoisotopic (exact) mass is 1020 g/mol. The Morgan fingerprint density at radius 1 is 0.500 bits per heavy atom. The molecular formula is C44H32Cl4F6N8O6. The summed E-state index contributed by atoms with van der Waals surface area (Å²) in [4.78, 5) is 77.8. The summed E-state index contributed by atoms with van der Waals surface area (Å²) in [5.74, 6) is -5.09. The number of alkyl halides is 6. The van der Waals surface area contributed by atoms with Gasteiger partial charge in [-0.05, 0) is 124 Å². The Hall–Kier alpha value is -6.74. The lowest BCUT2D eigenvalue weighted by Crippen LogP contribution is -2.32. The summed E-state index contributed by atoms with van der Waals surface area (Å²) in [6.07, 6.45) is -9.58. The summed E-state index contributed by atoms with van der Waals surface area (Å²) in [7, 11) is 0. The summed E-state index contributed by atoms with van der Waals surface area (Å²) in [5, 5.41) is 24.1. The van der Waals surface area contributed by atoms with E-state index >= 15 is 0 Å². The molecule has 0 saturated carbocycles. The van der Waals surface area contributed by atoms with Crippen molar-refractivity contribution in [2.45, 2.75) is 52.1 Å². The normalized spacial score (nSPS) is 12.7. The molecule has 14 nitrogen and oxygen atoms in total. The van der Waals surface area contributed by atoms with Crippen molar-refractivity contribution in [3.8, 4) is 0 Å². The van der Waals surface area contributed by atoms with Gasteiger partial charge >= 0.3 is 12.4 Å². The highest BCUT2D eigenvalue weighted by Crippen LogP contribution is 2.38. The van der Waals surface area contributed by atoms with E-state index in [1.807, 2.05) is 0 Å². The summed E-state index contributed by atoms with van der Waals surface area (Å²) < 4.78 is 80.0. The number of rotatable bonds is 14. The molecule has 5 aromatic carbocycles. The number of Topliss-reactive ketones (excluding diaryl/α,β-unsaturated/α-hetero) is 2. The molecule has 0 radical (unpaired) electrons. The minimum atomic E-state index is -4.79. The number of nitrogens with zero attached hydrogens (tertiary/aromatic N) is 4. The maximum absolute atomic E-state index is 13.4. The van der Waals surface area contributed by atoms with Gasteiger partial charge in [-0.2, -0.15) is 46.8 Å². The van der Waals surface area contributed by atoms with Crippen molar-refractivity contribution in [2.75, 3.05) is 21.3 Å². The Bertz CT molecular complexity index is 2740. The molecule has 0 aliphatic carbocycles. The minimum Gasteiger partial charge on any atom is -0.324 e. The number of hydrogen-bond donors (Lipinski definition) is 4. The van der Waals surface area contributed by atoms with Gasteiger partial charge in [0.1, 0.15) is 0 Å². The number of halogens is 10. The van der Waals surface area contributed by atoms with Crippen LogP contribution in [-0.2, 0) is 31.5 Å². The fourth-order valence-electron chi connectivity index (χ4n) is 5.95. The molecule has 2 atom stereocenters. The van der Waals surface area contributed by atoms with Crippen LogP contribution in [0.2, 0.25) is 20.1 Å². The van der Waals surface area contributed by atoms with Crippen LogP contribution in [0.25, 0.3) is 0 Å². The van der Waals surface area contributed by atoms with Crippen LogP contribution >= 0.6 is 46.4 Å². The Morgan fingerprint density at radius 2 is 0.853 bits per heavy atom. The molecule has 0 fully saturated rings. The SMILES string of the molecule is CC(=O)C(N=Nc1cc(Cl)cc(C(=O)Nc2ccc(Cl)c(C(F)(F)F)c2)c1)C(=O)Nc1cc(C)c(NC(=O)C(N=Nc2cc(Cl)cc(C(=O)Nc3ccc(Cl)c(C(F)(F)F)c3)c2)C(C)=O)cc1C. The summed E-state index contributed by atoms with van der Waals surface area (Å²) in [5.41, 5.74) is -2.17. The second-order valence-electron chi connectivity index (χ2n) is 14.6. The highest BCUT2D eigenvalue weighted by Gasteiger charge is 2.35. The molecule has 4 amide bonds. The molecule has 68 heavy (non-hydrogen) atoms. The maximum Gasteiger partial charge on any atom is 0.417 e. The molecule has 0 spiro atoms. The van der Waals surface area contributed by atoms with Gasteiger partial charge < -0.3 is 21.3 Å². The summed E-state index contributed by atoms with van der Waals surface area (Å²) in [6.45, 7) is 5.26. The third-order valence-electron chi connectivity index (χ3n) is 9.28. The second-order valence-corrected chi connectivity index (χ2v) is 16.3. The predicted octanol–water partition coefficient (Wildman–Crippen LogP) is 12.8. The molecule has 0 bridgehead atoms. The molecular weight excluding hydrogens is 992 g/mol. The van der Waals surface area contributed by atoms with E-state index in [9.17, 15) is 55.1 Å². The summed E-state index contributed by atoms with van der Waals surface area (Å²) >= 11 is 23.7. The van der Waals surface area contributed by atoms with Gasteiger partial charge in [0.2, 0.25) is 12.1 Å². The average molecular weight is 1020 g/mol. The fraction of sp³-hybridized carbons (Fsp3) is 0.182. The molecule has 5 rings (SSSR count). The maximum atomic E-state index is 13.4. The van der Waals surface area contributed by atoms with Gasteiger partial charge in [0.05, 0.1) is 32.5 Å². The van der Waals surface area contributed by atoms with Crippen LogP contribution in [0.1, 0.15) is 56.8 Å². The topological polar surface area (TPSA) is 200 Å². The smallest absolute Gasteiger partial charge is 0.324 e. The number of anilines is 4. The fourth-order valence-corrected chi connectivity index (χ4v) is 6.85. The number of benzene rings is 5. The van der Waals surface area contributed by atoms with E-state index in [1.165, 1.54) is 48.5 Å². The van der Waals surface area contributed by atoms with Gasteiger partial charge in [-0.1, -0.05) is 46.4 Å². The first-order chi connectivity index (χ1) is 31.7. The van der Waals surface area contributed by atoms with Crippen molar-refractivity contribution in [3.63, 3.8) is 0 Å².